The Labute approximate surface area is 146 Å². The first-order valence-corrected chi connectivity index (χ1v) is 8.41. The lowest BCUT2D eigenvalue weighted by molar-refractivity contribution is 0.0987. The van der Waals surface area contributed by atoms with Crippen molar-refractivity contribution in [3.05, 3.63) is 34.0 Å². The van der Waals surface area contributed by atoms with Gasteiger partial charge in [-0.1, -0.05) is 5.16 Å². The topological polar surface area (TPSA) is 128 Å². The molecule has 2 aromatic rings. The number of thiophene rings is 1. The van der Waals surface area contributed by atoms with Crippen LogP contribution < -0.4 is 11.1 Å². The zero-order valence-corrected chi connectivity index (χ0v) is 14.2. The van der Waals surface area contributed by atoms with Gasteiger partial charge in [-0.25, -0.2) is 4.79 Å². The summed E-state index contributed by atoms with van der Waals surface area (Å²) in [5, 5.41) is 6.44. The molecule has 3 N–H and O–H groups in total. The van der Waals surface area contributed by atoms with Crippen LogP contribution in [0.2, 0.25) is 0 Å². The minimum atomic E-state index is -0.630. The summed E-state index contributed by atoms with van der Waals surface area (Å²) in [5.74, 6) is -1.13. The standard InChI is InChI=1S/C15H16N4O5S/c1-2-23-15(22)19-6-4-8-10(7-19)25-14(11(8)12(16)20)18-13(21)9-3-5-17-24-9/h3,5H,2,4,6-7H2,1H3,(H2,16,20)(H,18,21). The maximum atomic E-state index is 12.1. The van der Waals surface area contributed by atoms with E-state index in [2.05, 4.69) is 10.5 Å². The molecule has 1 aliphatic rings. The van der Waals surface area contributed by atoms with Gasteiger partial charge >= 0.3 is 6.09 Å². The Morgan fingerprint density at radius 1 is 1.48 bits per heavy atom. The average Bonchev–Trinajstić information content (AvgIpc) is 3.21. The first kappa shape index (κ1) is 17.0. The van der Waals surface area contributed by atoms with Crippen LogP contribution in [-0.4, -0.2) is 41.1 Å². The number of fused-ring (bicyclic) bond motifs is 1. The zero-order valence-electron chi connectivity index (χ0n) is 13.4. The van der Waals surface area contributed by atoms with Gasteiger partial charge in [0.1, 0.15) is 5.00 Å². The van der Waals surface area contributed by atoms with Gasteiger partial charge in [-0.05, 0) is 18.9 Å². The number of nitrogens with zero attached hydrogens (tertiary/aromatic N) is 2. The number of nitrogens with two attached hydrogens (primary N) is 1. The highest BCUT2D eigenvalue weighted by Crippen LogP contribution is 2.37. The first-order chi connectivity index (χ1) is 12.0. The molecule has 0 unspecified atom stereocenters. The predicted molar refractivity (Wildman–Crippen MR) is 88.4 cm³/mol. The van der Waals surface area contributed by atoms with Crippen LogP contribution in [0.4, 0.5) is 9.80 Å². The van der Waals surface area contributed by atoms with Gasteiger partial charge in [-0.15, -0.1) is 11.3 Å². The lowest BCUT2D eigenvalue weighted by atomic mass is 10.0. The van der Waals surface area contributed by atoms with Crippen molar-refractivity contribution in [3.8, 4) is 0 Å². The minimum absolute atomic E-state index is 0.0231. The normalized spacial score (nSPS) is 13.2. The van der Waals surface area contributed by atoms with Crippen LogP contribution >= 0.6 is 11.3 Å². The van der Waals surface area contributed by atoms with E-state index < -0.39 is 17.9 Å². The molecule has 1 aliphatic heterocycles. The van der Waals surface area contributed by atoms with Crippen molar-refractivity contribution in [2.24, 2.45) is 5.73 Å². The zero-order chi connectivity index (χ0) is 18.0. The summed E-state index contributed by atoms with van der Waals surface area (Å²) in [6.45, 7) is 2.74. The summed E-state index contributed by atoms with van der Waals surface area (Å²) in [4.78, 5) is 38.3. The Morgan fingerprint density at radius 3 is 2.92 bits per heavy atom. The predicted octanol–water partition coefficient (Wildman–Crippen LogP) is 1.60. The molecule has 132 valence electrons. The number of aromatic nitrogens is 1. The Balaban J connectivity index is 1.87. The molecule has 25 heavy (non-hydrogen) atoms. The van der Waals surface area contributed by atoms with Gasteiger partial charge in [0.15, 0.2) is 0 Å². The molecule has 0 aromatic carbocycles. The number of amides is 3. The molecule has 0 saturated carbocycles. The first-order valence-electron chi connectivity index (χ1n) is 7.59. The molecular formula is C15H16N4O5S. The Hall–Kier alpha value is -2.88. The van der Waals surface area contributed by atoms with Crippen LogP contribution in [0.15, 0.2) is 16.8 Å². The van der Waals surface area contributed by atoms with E-state index in [9.17, 15) is 14.4 Å². The molecule has 0 radical (unpaired) electrons. The van der Waals surface area contributed by atoms with E-state index in [-0.39, 0.29) is 17.9 Å². The van der Waals surface area contributed by atoms with Crippen LogP contribution in [0.5, 0.6) is 0 Å². The summed E-state index contributed by atoms with van der Waals surface area (Å²) in [6.07, 6.45) is 1.40. The van der Waals surface area contributed by atoms with Crippen molar-refractivity contribution < 1.29 is 23.6 Å². The van der Waals surface area contributed by atoms with Gasteiger partial charge in [0, 0.05) is 17.5 Å². The van der Waals surface area contributed by atoms with E-state index in [0.717, 1.165) is 10.4 Å². The van der Waals surface area contributed by atoms with Crippen molar-refractivity contribution in [1.82, 2.24) is 10.1 Å². The number of ether oxygens (including phenoxy) is 1. The SMILES string of the molecule is CCOC(=O)N1CCc2c(sc(NC(=O)c3ccno3)c2C(N)=O)C1. The maximum Gasteiger partial charge on any atom is 0.410 e. The number of carbonyl (C=O) groups excluding carboxylic acids is 3. The Morgan fingerprint density at radius 2 is 2.28 bits per heavy atom. The lowest BCUT2D eigenvalue weighted by Crippen LogP contribution is -2.36. The molecule has 9 nitrogen and oxygen atoms in total. The molecule has 3 rings (SSSR count). The Bertz CT molecular complexity index is 814. The highest BCUT2D eigenvalue weighted by atomic mass is 32.1. The average molecular weight is 364 g/mol. The molecule has 0 saturated heterocycles. The number of carbonyl (C=O) groups is 3. The molecular weight excluding hydrogens is 348 g/mol. The monoisotopic (exact) mass is 364 g/mol. The fourth-order valence-corrected chi connectivity index (χ4v) is 3.88. The summed E-state index contributed by atoms with van der Waals surface area (Å²) in [7, 11) is 0. The summed E-state index contributed by atoms with van der Waals surface area (Å²) < 4.78 is 9.81. The largest absolute Gasteiger partial charge is 0.450 e. The molecule has 0 aliphatic carbocycles. The quantitative estimate of drug-likeness (QED) is 0.848. The van der Waals surface area contributed by atoms with E-state index in [1.165, 1.54) is 23.6 Å². The van der Waals surface area contributed by atoms with Crippen LogP contribution in [0.25, 0.3) is 0 Å². The number of rotatable bonds is 4. The third kappa shape index (κ3) is 3.33. The fourth-order valence-electron chi connectivity index (χ4n) is 2.62. The van der Waals surface area contributed by atoms with Crippen LogP contribution in [0.3, 0.4) is 0 Å². The molecule has 0 atom stereocenters. The van der Waals surface area contributed by atoms with E-state index in [4.69, 9.17) is 15.0 Å². The van der Waals surface area contributed by atoms with E-state index >= 15 is 0 Å². The maximum absolute atomic E-state index is 12.1. The lowest BCUT2D eigenvalue weighted by Gasteiger charge is -2.26. The number of hydrogen-bond donors (Lipinski definition) is 2. The Kier molecular flexibility index (Phi) is 4.70. The van der Waals surface area contributed by atoms with Crippen molar-refractivity contribution in [2.75, 3.05) is 18.5 Å². The smallest absolute Gasteiger partial charge is 0.410 e. The molecule has 3 heterocycles. The van der Waals surface area contributed by atoms with Gasteiger partial charge in [0.05, 0.1) is 24.9 Å². The van der Waals surface area contributed by atoms with Gasteiger partial charge < -0.3 is 25.2 Å². The summed E-state index contributed by atoms with van der Waals surface area (Å²) in [5.41, 5.74) is 6.52. The van der Waals surface area contributed by atoms with Gasteiger partial charge in [0.25, 0.3) is 11.8 Å². The van der Waals surface area contributed by atoms with E-state index in [1.54, 1.807) is 11.8 Å². The molecule has 10 heteroatoms. The van der Waals surface area contributed by atoms with E-state index in [0.29, 0.717) is 24.5 Å². The second-order valence-electron chi connectivity index (χ2n) is 5.27. The molecule has 3 amide bonds. The third-order valence-corrected chi connectivity index (χ3v) is 4.85. The minimum Gasteiger partial charge on any atom is -0.450 e. The molecule has 0 spiro atoms. The molecule has 0 bridgehead atoms. The number of nitrogens with one attached hydrogen (secondary N) is 1. The van der Waals surface area contributed by atoms with Gasteiger partial charge in [0.2, 0.25) is 5.76 Å². The number of primary amides is 1. The van der Waals surface area contributed by atoms with E-state index in [1.807, 2.05) is 0 Å². The van der Waals surface area contributed by atoms with Gasteiger partial charge in [-0.2, -0.15) is 0 Å². The van der Waals surface area contributed by atoms with Crippen molar-refractivity contribution in [1.29, 1.82) is 0 Å². The summed E-state index contributed by atoms with van der Waals surface area (Å²) >= 11 is 1.21. The number of hydrogen-bond acceptors (Lipinski definition) is 7. The fraction of sp³-hybridized carbons (Fsp3) is 0.333. The van der Waals surface area contributed by atoms with Crippen molar-refractivity contribution in [2.45, 2.75) is 19.9 Å². The van der Waals surface area contributed by atoms with Crippen molar-refractivity contribution >= 4 is 34.2 Å². The number of anilines is 1. The third-order valence-electron chi connectivity index (χ3n) is 3.72. The second kappa shape index (κ2) is 6.93. The molecule has 0 fully saturated rings. The molecule has 2 aromatic heterocycles. The van der Waals surface area contributed by atoms with Crippen LogP contribution in [0, 0.1) is 0 Å². The van der Waals surface area contributed by atoms with Crippen LogP contribution in [-0.2, 0) is 17.7 Å². The highest BCUT2D eigenvalue weighted by Gasteiger charge is 2.30. The van der Waals surface area contributed by atoms with Gasteiger partial charge in [-0.3, -0.25) is 9.59 Å². The highest BCUT2D eigenvalue weighted by molar-refractivity contribution is 7.17. The second-order valence-corrected chi connectivity index (χ2v) is 6.38. The summed E-state index contributed by atoms with van der Waals surface area (Å²) in [6, 6.07) is 1.41. The van der Waals surface area contributed by atoms with Crippen LogP contribution in [0.1, 0.15) is 38.3 Å². The van der Waals surface area contributed by atoms with Crippen molar-refractivity contribution in [3.63, 3.8) is 0 Å².